The molecule has 1 aliphatic rings. The number of nitrogens with zero attached hydrogens (tertiary/aromatic N) is 1. The maximum Gasteiger partial charge on any atom is 0.234 e. The van der Waals surface area contributed by atoms with Crippen molar-refractivity contribution in [3.63, 3.8) is 0 Å². The minimum Gasteiger partial charge on any atom is -0.489 e. The molecule has 1 aromatic rings. The van der Waals surface area contributed by atoms with Gasteiger partial charge in [-0.2, -0.15) is 0 Å². The number of para-hydroxylation sites is 1. The van der Waals surface area contributed by atoms with Crippen molar-refractivity contribution in [1.29, 1.82) is 0 Å². The lowest BCUT2D eigenvalue weighted by molar-refractivity contribution is -0.122. The number of ether oxygens (including phenoxy) is 1. The van der Waals surface area contributed by atoms with Crippen molar-refractivity contribution >= 4 is 5.91 Å². The quantitative estimate of drug-likeness (QED) is 0.842. The summed E-state index contributed by atoms with van der Waals surface area (Å²) in [5.41, 5.74) is 0. The molecule has 1 aliphatic carbocycles. The number of amides is 1. The Hall–Kier alpha value is -1.62. The predicted octanol–water partition coefficient (Wildman–Crippen LogP) is 2.59. The molecule has 0 aromatic heterocycles. The van der Waals surface area contributed by atoms with E-state index in [9.17, 15) is 9.18 Å². The van der Waals surface area contributed by atoms with Crippen molar-refractivity contribution < 1.29 is 13.9 Å². The lowest BCUT2D eigenvalue weighted by Crippen LogP contribution is -2.42. The van der Waals surface area contributed by atoms with Crippen LogP contribution in [-0.4, -0.2) is 43.6 Å². The highest BCUT2D eigenvalue weighted by Gasteiger charge is 2.16. The van der Waals surface area contributed by atoms with Gasteiger partial charge in [0.05, 0.1) is 6.54 Å². The van der Waals surface area contributed by atoms with E-state index in [1.54, 1.807) is 18.2 Å². The molecule has 0 bridgehead atoms. The van der Waals surface area contributed by atoms with Crippen LogP contribution in [0.4, 0.5) is 4.39 Å². The molecule has 0 saturated heterocycles. The van der Waals surface area contributed by atoms with Crippen molar-refractivity contribution in [3.05, 3.63) is 30.1 Å². The zero-order valence-electron chi connectivity index (χ0n) is 13.2. The summed E-state index contributed by atoms with van der Waals surface area (Å²) < 4.78 is 18.8. The molecule has 0 atom stereocenters. The van der Waals surface area contributed by atoms with Gasteiger partial charge in [0.2, 0.25) is 5.91 Å². The Morgan fingerprint density at radius 3 is 2.77 bits per heavy atom. The largest absolute Gasteiger partial charge is 0.489 e. The van der Waals surface area contributed by atoms with Gasteiger partial charge in [0.1, 0.15) is 6.61 Å². The van der Waals surface area contributed by atoms with Gasteiger partial charge in [0.25, 0.3) is 0 Å². The molecule has 1 aromatic carbocycles. The van der Waals surface area contributed by atoms with E-state index >= 15 is 0 Å². The van der Waals surface area contributed by atoms with Gasteiger partial charge in [0.15, 0.2) is 11.6 Å². The van der Waals surface area contributed by atoms with Gasteiger partial charge in [-0.05, 0) is 32.0 Å². The summed E-state index contributed by atoms with van der Waals surface area (Å²) in [5, 5.41) is 3.09. The molecule has 2 rings (SSSR count). The normalized spacial score (nSPS) is 15.8. The molecule has 5 heteroatoms. The highest BCUT2D eigenvalue weighted by molar-refractivity contribution is 5.78. The lowest BCUT2D eigenvalue weighted by atomic mass is 9.95. The van der Waals surface area contributed by atoms with Crippen LogP contribution in [0.1, 0.15) is 32.1 Å². The Morgan fingerprint density at radius 1 is 1.32 bits per heavy atom. The van der Waals surface area contributed by atoms with Crippen molar-refractivity contribution in [3.8, 4) is 5.75 Å². The van der Waals surface area contributed by atoms with Crippen LogP contribution in [0.25, 0.3) is 0 Å². The number of hydrogen-bond donors (Lipinski definition) is 1. The zero-order valence-corrected chi connectivity index (χ0v) is 13.2. The van der Waals surface area contributed by atoms with Crippen molar-refractivity contribution in [2.75, 3.05) is 26.7 Å². The van der Waals surface area contributed by atoms with E-state index in [1.807, 2.05) is 11.9 Å². The summed E-state index contributed by atoms with van der Waals surface area (Å²) in [6.45, 7) is 1.28. The van der Waals surface area contributed by atoms with Crippen molar-refractivity contribution in [2.24, 2.45) is 0 Å². The first-order chi connectivity index (χ1) is 10.6. The van der Waals surface area contributed by atoms with E-state index in [1.165, 1.54) is 25.3 Å². The average molecular weight is 308 g/mol. The average Bonchev–Trinajstić information content (AvgIpc) is 2.50. The summed E-state index contributed by atoms with van der Waals surface area (Å²) in [5.74, 6) is -0.0527. The highest BCUT2D eigenvalue weighted by atomic mass is 19.1. The molecule has 1 saturated carbocycles. The summed E-state index contributed by atoms with van der Waals surface area (Å²) in [6.07, 6.45) is 5.87. The minimum atomic E-state index is -0.361. The monoisotopic (exact) mass is 308 g/mol. The number of hydrogen-bond acceptors (Lipinski definition) is 3. The zero-order chi connectivity index (χ0) is 15.8. The second-order valence-electron chi connectivity index (χ2n) is 5.92. The predicted molar refractivity (Wildman–Crippen MR) is 84.4 cm³/mol. The lowest BCUT2D eigenvalue weighted by Gasteiger charge is -2.24. The molecule has 1 N–H and O–H groups in total. The fraction of sp³-hybridized carbons (Fsp3) is 0.588. The van der Waals surface area contributed by atoms with Gasteiger partial charge in [-0.25, -0.2) is 4.39 Å². The van der Waals surface area contributed by atoms with Crippen LogP contribution in [0, 0.1) is 5.82 Å². The Bertz CT molecular complexity index is 475. The smallest absolute Gasteiger partial charge is 0.234 e. The first kappa shape index (κ1) is 16.7. The maximum absolute atomic E-state index is 13.4. The molecule has 1 amide bonds. The number of carbonyl (C=O) groups is 1. The van der Waals surface area contributed by atoms with Crippen molar-refractivity contribution in [1.82, 2.24) is 10.2 Å². The first-order valence-electron chi connectivity index (χ1n) is 8.00. The fourth-order valence-corrected chi connectivity index (χ4v) is 2.72. The molecule has 0 unspecified atom stereocenters. The van der Waals surface area contributed by atoms with Crippen LogP contribution in [0.5, 0.6) is 5.75 Å². The van der Waals surface area contributed by atoms with Gasteiger partial charge in [-0.1, -0.05) is 31.4 Å². The van der Waals surface area contributed by atoms with Crippen LogP contribution in [-0.2, 0) is 4.79 Å². The van der Waals surface area contributed by atoms with Crippen LogP contribution in [0.2, 0.25) is 0 Å². The number of benzene rings is 1. The van der Waals surface area contributed by atoms with Crippen LogP contribution < -0.4 is 10.1 Å². The van der Waals surface area contributed by atoms with Crippen LogP contribution >= 0.6 is 0 Å². The van der Waals surface area contributed by atoms with Crippen molar-refractivity contribution in [2.45, 2.75) is 38.1 Å². The second kappa shape index (κ2) is 8.73. The van der Waals surface area contributed by atoms with E-state index in [2.05, 4.69) is 5.32 Å². The Morgan fingerprint density at radius 2 is 2.05 bits per heavy atom. The van der Waals surface area contributed by atoms with Gasteiger partial charge in [0, 0.05) is 12.6 Å². The van der Waals surface area contributed by atoms with Crippen LogP contribution in [0.3, 0.4) is 0 Å². The molecule has 0 heterocycles. The summed E-state index contributed by atoms with van der Waals surface area (Å²) >= 11 is 0. The fourth-order valence-electron chi connectivity index (χ4n) is 2.72. The summed E-state index contributed by atoms with van der Waals surface area (Å²) in [6, 6.07) is 6.68. The third-order valence-electron chi connectivity index (χ3n) is 3.95. The van der Waals surface area contributed by atoms with Crippen LogP contribution in [0.15, 0.2) is 24.3 Å². The minimum absolute atomic E-state index is 0.0558. The van der Waals surface area contributed by atoms with E-state index < -0.39 is 0 Å². The third kappa shape index (κ3) is 5.64. The topological polar surface area (TPSA) is 41.6 Å². The maximum atomic E-state index is 13.4. The van der Waals surface area contributed by atoms with E-state index in [-0.39, 0.29) is 17.5 Å². The highest BCUT2D eigenvalue weighted by Crippen LogP contribution is 2.17. The number of rotatable bonds is 7. The summed E-state index contributed by atoms with van der Waals surface area (Å²) in [7, 11) is 1.87. The number of carbonyl (C=O) groups excluding carboxylic acids is 1. The van der Waals surface area contributed by atoms with Gasteiger partial charge in [-0.15, -0.1) is 0 Å². The van der Waals surface area contributed by atoms with E-state index in [0.717, 1.165) is 12.8 Å². The SMILES string of the molecule is CN(CCOc1ccccc1F)CC(=O)NC1CCCCC1. The third-order valence-corrected chi connectivity index (χ3v) is 3.95. The number of likely N-dealkylation sites (N-methyl/N-ethyl adjacent to an activating group) is 1. The number of halogens is 1. The molecule has 22 heavy (non-hydrogen) atoms. The number of nitrogens with one attached hydrogen (secondary N) is 1. The molecular formula is C17H25FN2O2. The molecule has 4 nitrogen and oxygen atoms in total. The van der Waals surface area contributed by atoms with Gasteiger partial charge in [-0.3, -0.25) is 9.69 Å². The van der Waals surface area contributed by atoms with E-state index in [4.69, 9.17) is 4.74 Å². The first-order valence-corrected chi connectivity index (χ1v) is 8.00. The summed E-state index contributed by atoms with van der Waals surface area (Å²) in [4.78, 5) is 13.8. The Balaban J connectivity index is 1.63. The van der Waals surface area contributed by atoms with Gasteiger partial charge < -0.3 is 10.1 Å². The second-order valence-corrected chi connectivity index (χ2v) is 5.92. The Kier molecular flexibility index (Phi) is 6.65. The van der Waals surface area contributed by atoms with E-state index in [0.29, 0.717) is 25.7 Å². The van der Waals surface area contributed by atoms with Gasteiger partial charge >= 0.3 is 0 Å². The molecule has 0 spiro atoms. The molecule has 1 fully saturated rings. The Labute approximate surface area is 131 Å². The molecule has 0 aliphatic heterocycles. The molecule has 0 radical (unpaired) electrons. The molecular weight excluding hydrogens is 283 g/mol. The molecule has 122 valence electrons. The standard InChI is InChI=1S/C17H25FN2O2/c1-20(11-12-22-16-10-6-5-9-15(16)18)13-17(21)19-14-7-3-2-4-8-14/h5-6,9-10,14H,2-4,7-8,11-13H2,1H3,(H,19,21).